The van der Waals surface area contributed by atoms with E-state index in [1.807, 2.05) is 6.07 Å². The molecular weight excluding hydrogens is 641 g/mol. The van der Waals surface area contributed by atoms with Crippen molar-refractivity contribution in [3.8, 4) is 0 Å². The van der Waals surface area contributed by atoms with Gasteiger partial charge < -0.3 is 18.9 Å². The minimum Gasteiger partial charge on any atom is -0.374 e. The summed E-state index contributed by atoms with van der Waals surface area (Å²) in [6.45, 7) is 7.98. The lowest BCUT2D eigenvalue weighted by Crippen LogP contribution is -2.38. The zero-order valence-corrected chi connectivity index (χ0v) is 34.9. The lowest BCUT2D eigenvalue weighted by atomic mass is 10.0. The summed E-state index contributed by atoms with van der Waals surface area (Å²) >= 11 is 0. The lowest BCUT2D eigenvalue weighted by molar-refractivity contribution is -0.0814. The van der Waals surface area contributed by atoms with Crippen molar-refractivity contribution >= 4 is 0 Å². The zero-order valence-electron chi connectivity index (χ0n) is 34.9. The molecule has 0 aromatic heterocycles. The fourth-order valence-corrected chi connectivity index (χ4v) is 7.77. The maximum atomic E-state index is 6.50. The maximum absolute atomic E-state index is 6.50. The molecule has 4 nitrogen and oxygen atoms in total. The Labute approximate surface area is 324 Å². The van der Waals surface area contributed by atoms with Crippen molar-refractivity contribution in [1.29, 1.82) is 0 Å². The quantitative estimate of drug-likeness (QED) is 0.0631. The molecule has 1 aliphatic heterocycles. The number of benzene rings is 1. The third kappa shape index (κ3) is 27.6. The van der Waals surface area contributed by atoms with E-state index < -0.39 is 0 Å². The second kappa shape index (κ2) is 37.0. The molecule has 0 aliphatic carbocycles. The van der Waals surface area contributed by atoms with Crippen molar-refractivity contribution in [3.63, 3.8) is 0 Å². The molecule has 0 amide bonds. The molecule has 304 valence electrons. The van der Waals surface area contributed by atoms with Gasteiger partial charge in [-0.25, -0.2) is 0 Å². The van der Waals surface area contributed by atoms with E-state index in [1.54, 1.807) is 0 Å². The van der Waals surface area contributed by atoms with Crippen molar-refractivity contribution in [3.05, 3.63) is 35.9 Å². The molecule has 0 radical (unpaired) electrons. The Morgan fingerprint density at radius 1 is 0.462 bits per heavy atom. The van der Waals surface area contributed by atoms with Gasteiger partial charge in [-0.15, -0.1) is 0 Å². The first-order valence-corrected chi connectivity index (χ1v) is 23.3. The van der Waals surface area contributed by atoms with Crippen LogP contribution in [0.5, 0.6) is 0 Å². The Kier molecular flexibility index (Phi) is 33.6. The van der Waals surface area contributed by atoms with Crippen molar-refractivity contribution in [2.45, 2.75) is 244 Å². The van der Waals surface area contributed by atoms with Gasteiger partial charge in [0.2, 0.25) is 0 Å². The fraction of sp³-hybridized carbons (Fsp3) is 0.875. The molecule has 1 heterocycles. The summed E-state index contributed by atoms with van der Waals surface area (Å²) in [5, 5.41) is 0. The first-order valence-electron chi connectivity index (χ1n) is 23.3. The van der Waals surface area contributed by atoms with Crippen LogP contribution in [0.25, 0.3) is 0 Å². The summed E-state index contributed by atoms with van der Waals surface area (Å²) in [5.74, 6) is 0. The van der Waals surface area contributed by atoms with Gasteiger partial charge in [0.05, 0.1) is 19.8 Å². The first kappa shape index (κ1) is 47.2. The predicted octanol–water partition coefficient (Wildman–Crippen LogP) is 14.9. The molecule has 3 atom stereocenters. The van der Waals surface area contributed by atoms with Gasteiger partial charge in [0.1, 0.15) is 18.3 Å². The van der Waals surface area contributed by atoms with E-state index in [0.717, 1.165) is 26.1 Å². The summed E-state index contributed by atoms with van der Waals surface area (Å²) in [6, 6.07) is 10.4. The van der Waals surface area contributed by atoms with E-state index >= 15 is 0 Å². The van der Waals surface area contributed by atoms with Crippen LogP contribution in [0.15, 0.2) is 30.3 Å². The molecule has 0 bridgehead atoms. The first-order chi connectivity index (χ1) is 25.8. The number of unbranched alkanes of at least 4 members (excludes halogenated alkanes) is 30. The van der Waals surface area contributed by atoms with Gasteiger partial charge in [0, 0.05) is 13.2 Å². The summed E-state index contributed by atoms with van der Waals surface area (Å²) in [5.41, 5.74) is 1.20. The van der Waals surface area contributed by atoms with Gasteiger partial charge in [-0.05, 0) is 18.4 Å². The second-order valence-electron chi connectivity index (χ2n) is 16.2. The summed E-state index contributed by atoms with van der Waals surface area (Å²) in [4.78, 5) is 0. The average molecular weight is 729 g/mol. The standard InChI is InChI=1S/C48H88O4/c1-3-5-7-9-11-13-15-17-19-21-23-25-27-29-31-36-40-50-47-44-52-46(43-49-42-45-38-34-33-35-39-45)48(47)51-41-37-32-30-28-26-24-22-20-18-16-14-12-10-8-6-4-2/h33-35,38-39,46-48H,3-32,36-37,40-44H2,1-2H3. The lowest BCUT2D eigenvalue weighted by Gasteiger charge is -2.24. The van der Waals surface area contributed by atoms with Crippen molar-refractivity contribution in [2.75, 3.05) is 26.4 Å². The van der Waals surface area contributed by atoms with Crippen LogP contribution in [0.2, 0.25) is 0 Å². The van der Waals surface area contributed by atoms with E-state index in [9.17, 15) is 0 Å². The second-order valence-corrected chi connectivity index (χ2v) is 16.2. The highest BCUT2D eigenvalue weighted by atomic mass is 16.6. The van der Waals surface area contributed by atoms with Crippen LogP contribution in [0, 0.1) is 0 Å². The van der Waals surface area contributed by atoms with Gasteiger partial charge in [-0.3, -0.25) is 0 Å². The number of hydrogen-bond acceptors (Lipinski definition) is 4. The van der Waals surface area contributed by atoms with Crippen LogP contribution in [-0.2, 0) is 25.6 Å². The van der Waals surface area contributed by atoms with Crippen LogP contribution in [0.3, 0.4) is 0 Å². The minimum atomic E-state index is -0.0550. The van der Waals surface area contributed by atoms with Crippen LogP contribution in [0.1, 0.15) is 225 Å². The Morgan fingerprint density at radius 2 is 0.827 bits per heavy atom. The molecule has 1 fully saturated rings. The van der Waals surface area contributed by atoms with Gasteiger partial charge in [-0.1, -0.05) is 237 Å². The van der Waals surface area contributed by atoms with Crippen molar-refractivity contribution in [1.82, 2.24) is 0 Å². The molecule has 0 N–H and O–H groups in total. The third-order valence-electron chi connectivity index (χ3n) is 11.2. The Bertz CT molecular complexity index is 831. The van der Waals surface area contributed by atoms with E-state index in [2.05, 4.69) is 38.1 Å². The van der Waals surface area contributed by atoms with Gasteiger partial charge in [0.25, 0.3) is 0 Å². The number of hydrogen-bond donors (Lipinski definition) is 0. The Balaban J connectivity index is 1.50. The SMILES string of the molecule is CCCCCCCCCCCCCCCCCCOC1COC(COCc2ccccc2)C1OCCCCCCCCCCCCCCCCCC. The normalized spacial score (nSPS) is 17.4. The van der Waals surface area contributed by atoms with Crippen LogP contribution in [-0.4, -0.2) is 44.7 Å². The van der Waals surface area contributed by atoms with Crippen LogP contribution < -0.4 is 0 Å². The van der Waals surface area contributed by atoms with Crippen LogP contribution >= 0.6 is 0 Å². The van der Waals surface area contributed by atoms with E-state index in [0.29, 0.717) is 19.8 Å². The average Bonchev–Trinajstić information content (AvgIpc) is 3.55. The fourth-order valence-electron chi connectivity index (χ4n) is 7.77. The molecule has 0 saturated carbocycles. The molecule has 4 heteroatoms. The summed E-state index contributed by atoms with van der Waals surface area (Å²) in [7, 11) is 0. The molecule has 1 saturated heterocycles. The molecule has 0 spiro atoms. The highest BCUT2D eigenvalue weighted by Crippen LogP contribution is 2.23. The highest BCUT2D eigenvalue weighted by molar-refractivity contribution is 5.13. The molecule has 1 aromatic carbocycles. The Hall–Kier alpha value is -0.940. The number of ether oxygens (including phenoxy) is 4. The molecule has 1 aromatic rings. The summed E-state index contributed by atoms with van der Waals surface area (Å²) < 4.78 is 25.2. The van der Waals surface area contributed by atoms with Gasteiger partial charge >= 0.3 is 0 Å². The largest absolute Gasteiger partial charge is 0.374 e. The van der Waals surface area contributed by atoms with E-state index in [-0.39, 0.29) is 18.3 Å². The molecule has 2 rings (SSSR count). The van der Waals surface area contributed by atoms with Gasteiger partial charge in [-0.2, -0.15) is 0 Å². The summed E-state index contributed by atoms with van der Waals surface area (Å²) in [6.07, 6.45) is 44.4. The van der Waals surface area contributed by atoms with Crippen LogP contribution in [0.4, 0.5) is 0 Å². The molecular formula is C48H88O4. The molecule has 52 heavy (non-hydrogen) atoms. The van der Waals surface area contributed by atoms with E-state index in [1.165, 1.54) is 198 Å². The van der Waals surface area contributed by atoms with Crippen molar-refractivity contribution < 1.29 is 18.9 Å². The predicted molar refractivity (Wildman–Crippen MR) is 224 cm³/mol. The minimum absolute atomic E-state index is 0.0164. The highest BCUT2D eigenvalue weighted by Gasteiger charge is 2.39. The number of rotatable bonds is 40. The topological polar surface area (TPSA) is 36.9 Å². The third-order valence-corrected chi connectivity index (χ3v) is 11.2. The van der Waals surface area contributed by atoms with Crippen molar-refractivity contribution in [2.24, 2.45) is 0 Å². The maximum Gasteiger partial charge on any atom is 0.114 e. The smallest absolute Gasteiger partial charge is 0.114 e. The monoisotopic (exact) mass is 729 g/mol. The molecule has 1 aliphatic rings. The Morgan fingerprint density at radius 3 is 1.23 bits per heavy atom. The van der Waals surface area contributed by atoms with Gasteiger partial charge in [0.15, 0.2) is 0 Å². The molecule has 3 unspecified atom stereocenters. The van der Waals surface area contributed by atoms with E-state index in [4.69, 9.17) is 18.9 Å². The zero-order chi connectivity index (χ0) is 36.8.